The van der Waals surface area contributed by atoms with Gasteiger partial charge in [-0.1, -0.05) is 17.4 Å². The normalized spacial score (nSPS) is 11.5. The molecule has 2 aromatic carbocycles. The Morgan fingerprint density at radius 2 is 1.90 bits per heavy atom. The van der Waals surface area contributed by atoms with Crippen LogP contribution in [0.15, 0.2) is 41.4 Å². The smallest absolute Gasteiger partial charge is 0.338 e. The second-order valence-electron chi connectivity index (χ2n) is 5.99. The highest BCUT2D eigenvalue weighted by atomic mass is 32.1. The molecule has 0 aliphatic carbocycles. The fourth-order valence-corrected chi connectivity index (χ4v) is 4.14. The second-order valence-corrected chi connectivity index (χ2v) is 7.00. The number of benzene rings is 2. The van der Waals surface area contributed by atoms with Crippen LogP contribution in [-0.2, 0) is 11.3 Å². The second kappa shape index (κ2) is 8.91. The van der Waals surface area contributed by atoms with E-state index >= 15 is 0 Å². The third-order valence-corrected chi connectivity index (χ3v) is 5.38. The summed E-state index contributed by atoms with van der Waals surface area (Å²) in [7, 11) is 3.00. The van der Waals surface area contributed by atoms with Crippen molar-refractivity contribution in [3.8, 4) is 11.5 Å². The highest BCUT2D eigenvalue weighted by Crippen LogP contribution is 2.31. The Morgan fingerprint density at radius 1 is 1.10 bits per heavy atom. The van der Waals surface area contributed by atoms with Gasteiger partial charge in [0.1, 0.15) is 0 Å². The number of carbonyl (C=O) groups is 2. The summed E-state index contributed by atoms with van der Waals surface area (Å²) in [5.41, 5.74) is 1.69. The summed E-state index contributed by atoms with van der Waals surface area (Å²) < 4.78 is 18.5. The van der Waals surface area contributed by atoms with Gasteiger partial charge in [-0.25, -0.2) is 4.79 Å². The lowest BCUT2D eigenvalue weighted by Crippen LogP contribution is -2.16. The highest BCUT2D eigenvalue weighted by molar-refractivity contribution is 7.16. The molecule has 0 aliphatic heterocycles. The van der Waals surface area contributed by atoms with Crippen LogP contribution in [0.3, 0.4) is 0 Å². The molecule has 29 heavy (non-hydrogen) atoms. The number of hydrogen-bond acceptors (Lipinski definition) is 6. The number of carbonyl (C=O) groups excluding carboxylic acids is 2. The Kier molecular flexibility index (Phi) is 6.33. The summed E-state index contributed by atoms with van der Waals surface area (Å²) in [6.07, 6.45) is 0. The van der Waals surface area contributed by atoms with Crippen LogP contribution in [0.2, 0.25) is 0 Å². The minimum atomic E-state index is -0.430. The number of aryl methyl sites for hydroxylation is 1. The van der Waals surface area contributed by atoms with Gasteiger partial charge in [-0.15, -0.1) is 0 Å². The van der Waals surface area contributed by atoms with Crippen molar-refractivity contribution >= 4 is 33.4 Å². The number of rotatable bonds is 6. The zero-order valence-corrected chi connectivity index (χ0v) is 17.5. The third-order valence-electron chi connectivity index (χ3n) is 4.34. The Morgan fingerprint density at radius 3 is 2.55 bits per heavy atom. The molecule has 0 saturated heterocycles. The van der Waals surface area contributed by atoms with Crippen molar-refractivity contribution in [1.29, 1.82) is 0 Å². The van der Waals surface area contributed by atoms with Crippen molar-refractivity contribution in [2.24, 2.45) is 4.99 Å². The number of methoxy groups -OCH3 is 2. The largest absolute Gasteiger partial charge is 0.493 e. The van der Waals surface area contributed by atoms with E-state index in [9.17, 15) is 9.59 Å². The molecule has 7 nitrogen and oxygen atoms in total. The number of hydrogen-bond donors (Lipinski definition) is 0. The molecule has 0 radical (unpaired) electrons. The molecule has 1 amide bonds. The van der Waals surface area contributed by atoms with Gasteiger partial charge in [0.2, 0.25) is 0 Å². The molecule has 3 aromatic rings. The molecule has 0 bridgehead atoms. The van der Waals surface area contributed by atoms with E-state index in [2.05, 4.69) is 4.99 Å². The van der Waals surface area contributed by atoms with Crippen LogP contribution in [0.1, 0.15) is 34.6 Å². The van der Waals surface area contributed by atoms with E-state index in [1.807, 2.05) is 17.6 Å². The minimum absolute atomic E-state index is 0.313. The molecule has 1 aromatic heterocycles. The predicted molar refractivity (Wildman–Crippen MR) is 111 cm³/mol. The van der Waals surface area contributed by atoms with E-state index in [0.717, 1.165) is 10.2 Å². The fourth-order valence-electron chi connectivity index (χ4n) is 3.01. The monoisotopic (exact) mass is 414 g/mol. The fraction of sp³-hybridized carbons (Fsp3) is 0.286. The van der Waals surface area contributed by atoms with Crippen LogP contribution in [0, 0.1) is 0 Å². The van der Waals surface area contributed by atoms with E-state index in [1.54, 1.807) is 37.3 Å². The van der Waals surface area contributed by atoms with Gasteiger partial charge >= 0.3 is 5.97 Å². The van der Waals surface area contributed by atoms with Crippen molar-refractivity contribution in [2.45, 2.75) is 20.4 Å². The summed E-state index contributed by atoms with van der Waals surface area (Å²) >= 11 is 1.34. The van der Waals surface area contributed by atoms with Gasteiger partial charge in [0.25, 0.3) is 5.91 Å². The third kappa shape index (κ3) is 4.02. The maximum atomic E-state index is 12.9. The summed E-state index contributed by atoms with van der Waals surface area (Å²) in [5.74, 6) is 0.00602. The SMILES string of the molecule is CCOC(=O)c1ccc2c(c1)sc(=NC(=O)c1cccc(OC)c1OC)n2CC. The molecule has 0 unspecified atom stereocenters. The van der Waals surface area contributed by atoms with Crippen molar-refractivity contribution in [1.82, 2.24) is 4.57 Å². The first-order valence-corrected chi connectivity index (χ1v) is 9.96. The molecular weight excluding hydrogens is 392 g/mol. The summed E-state index contributed by atoms with van der Waals surface area (Å²) in [6, 6.07) is 10.4. The lowest BCUT2D eigenvalue weighted by atomic mass is 10.2. The van der Waals surface area contributed by atoms with Gasteiger partial charge in [0.15, 0.2) is 16.3 Å². The molecule has 0 saturated carbocycles. The maximum absolute atomic E-state index is 12.9. The maximum Gasteiger partial charge on any atom is 0.338 e. The van der Waals surface area contributed by atoms with E-state index in [-0.39, 0.29) is 5.97 Å². The van der Waals surface area contributed by atoms with E-state index in [1.165, 1.54) is 25.6 Å². The molecule has 0 spiro atoms. The average Bonchev–Trinajstić information content (AvgIpc) is 3.08. The minimum Gasteiger partial charge on any atom is -0.493 e. The van der Waals surface area contributed by atoms with Crippen LogP contribution < -0.4 is 14.3 Å². The predicted octanol–water partition coefficient (Wildman–Crippen LogP) is 3.66. The number of fused-ring (bicyclic) bond motifs is 1. The molecule has 1 heterocycles. The molecular formula is C21H22N2O5S. The van der Waals surface area contributed by atoms with Gasteiger partial charge in [-0.2, -0.15) is 4.99 Å². The first kappa shape index (κ1) is 20.6. The van der Waals surface area contributed by atoms with Crippen molar-refractivity contribution in [2.75, 3.05) is 20.8 Å². The summed E-state index contributed by atoms with van der Waals surface area (Å²) in [6.45, 7) is 4.68. The number of aromatic nitrogens is 1. The number of ether oxygens (including phenoxy) is 3. The lowest BCUT2D eigenvalue weighted by molar-refractivity contribution is 0.0526. The van der Waals surface area contributed by atoms with Crippen LogP contribution in [-0.4, -0.2) is 37.3 Å². The number of esters is 1. The average molecular weight is 414 g/mol. The van der Waals surface area contributed by atoms with E-state index < -0.39 is 5.91 Å². The van der Waals surface area contributed by atoms with Crippen molar-refractivity contribution < 1.29 is 23.8 Å². The molecule has 3 rings (SSSR count). The summed E-state index contributed by atoms with van der Waals surface area (Å²) in [4.78, 5) is 29.8. The number of para-hydroxylation sites is 1. The first-order valence-electron chi connectivity index (χ1n) is 9.14. The number of amides is 1. The molecule has 152 valence electrons. The van der Waals surface area contributed by atoms with Gasteiger partial charge in [0.05, 0.1) is 42.2 Å². The van der Waals surface area contributed by atoms with E-state index in [0.29, 0.717) is 40.6 Å². The molecule has 8 heteroatoms. The Bertz CT molecular complexity index is 1130. The van der Waals surface area contributed by atoms with Crippen LogP contribution >= 0.6 is 11.3 Å². The number of thiazole rings is 1. The molecule has 0 aliphatic rings. The van der Waals surface area contributed by atoms with E-state index in [4.69, 9.17) is 14.2 Å². The highest BCUT2D eigenvalue weighted by Gasteiger charge is 2.17. The summed E-state index contributed by atoms with van der Waals surface area (Å²) in [5, 5.41) is 0. The zero-order chi connectivity index (χ0) is 21.0. The Balaban J connectivity index is 2.10. The first-order chi connectivity index (χ1) is 14.0. The van der Waals surface area contributed by atoms with Crippen molar-refractivity contribution in [3.05, 3.63) is 52.3 Å². The quantitative estimate of drug-likeness (QED) is 0.575. The molecule has 0 N–H and O–H groups in total. The Hall–Kier alpha value is -3.13. The van der Waals surface area contributed by atoms with Gasteiger partial charge < -0.3 is 18.8 Å². The standard InChI is InChI=1S/C21H22N2O5S/c1-5-23-15-11-10-13(20(25)28-6-2)12-17(15)29-21(23)22-19(24)14-8-7-9-16(26-3)18(14)27-4/h7-12H,5-6H2,1-4H3. The van der Waals surface area contributed by atoms with Crippen LogP contribution in [0.25, 0.3) is 10.2 Å². The van der Waals surface area contributed by atoms with Gasteiger partial charge in [-0.05, 0) is 44.2 Å². The molecule has 0 atom stereocenters. The topological polar surface area (TPSA) is 79.1 Å². The van der Waals surface area contributed by atoms with Crippen LogP contribution in [0.5, 0.6) is 11.5 Å². The Labute approximate surface area is 172 Å². The van der Waals surface area contributed by atoms with Gasteiger partial charge in [-0.3, -0.25) is 4.79 Å². The van der Waals surface area contributed by atoms with Crippen molar-refractivity contribution in [3.63, 3.8) is 0 Å². The molecule has 0 fully saturated rings. The van der Waals surface area contributed by atoms with Gasteiger partial charge in [0, 0.05) is 6.54 Å². The zero-order valence-electron chi connectivity index (χ0n) is 16.7. The number of nitrogens with zero attached hydrogens (tertiary/aromatic N) is 2. The lowest BCUT2D eigenvalue weighted by Gasteiger charge is -2.09. The van der Waals surface area contributed by atoms with Crippen LogP contribution in [0.4, 0.5) is 0 Å².